The molecule has 0 bridgehead atoms. The van der Waals surface area contributed by atoms with E-state index in [9.17, 15) is 8.78 Å². The highest BCUT2D eigenvalue weighted by molar-refractivity contribution is 5.69. The third kappa shape index (κ3) is 4.76. The molecule has 1 aromatic heterocycles. The molecule has 2 aromatic rings. The second kappa shape index (κ2) is 9.82. The van der Waals surface area contributed by atoms with E-state index in [1.165, 1.54) is 12.1 Å². The minimum atomic E-state index is -2.46. The van der Waals surface area contributed by atoms with Gasteiger partial charge in [-0.1, -0.05) is 52.0 Å². The zero-order chi connectivity index (χ0) is 17.3. The van der Waals surface area contributed by atoms with Crippen LogP contribution in [0.5, 0.6) is 0 Å². The first-order valence-electron chi connectivity index (χ1n) is 7.48. The molecule has 0 fully saturated rings. The largest absolute Gasteiger partial charge is 0.397 e. The summed E-state index contributed by atoms with van der Waals surface area (Å²) >= 11 is 0. The molecule has 0 amide bonds. The van der Waals surface area contributed by atoms with Gasteiger partial charge in [-0.15, -0.1) is 5.10 Å². The van der Waals surface area contributed by atoms with Gasteiger partial charge in [0.15, 0.2) is 0 Å². The standard InChI is InChI=1S/C13H13F2N3.2C2H6/c1-7-11(16)8(2)17-18-12(7)9-3-5-10(6-4-9)13(14)15;2*1-2/h3-6,13H,1-2H3,(H2,16,18);2*1-2H3. The molecule has 3 nitrogen and oxygen atoms in total. The van der Waals surface area contributed by atoms with Crippen molar-refractivity contribution in [2.75, 3.05) is 5.73 Å². The number of hydrogen-bond donors (Lipinski definition) is 1. The van der Waals surface area contributed by atoms with Crippen molar-refractivity contribution in [1.29, 1.82) is 0 Å². The fraction of sp³-hybridized carbons (Fsp3) is 0.412. The van der Waals surface area contributed by atoms with Crippen LogP contribution in [0, 0.1) is 13.8 Å². The van der Waals surface area contributed by atoms with Crippen LogP contribution < -0.4 is 5.73 Å². The summed E-state index contributed by atoms with van der Waals surface area (Å²) in [5.74, 6) is 0. The van der Waals surface area contributed by atoms with E-state index < -0.39 is 6.43 Å². The van der Waals surface area contributed by atoms with Gasteiger partial charge in [0.2, 0.25) is 0 Å². The summed E-state index contributed by atoms with van der Waals surface area (Å²) in [6, 6.07) is 5.98. The van der Waals surface area contributed by atoms with Crippen molar-refractivity contribution in [3.8, 4) is 11.3 Å². The maximum Gasteiger partial charge on any atom is 0.263 e. The summed E-state index contributed by atoms with van der Waals surface area (Å²) in [4.78, 5) is 0. The average Bonchev–Trinajstić information content (AvgIpc) is 2.57. The van der Waals surface area contributed by atoms with Crippen LogP contribution in [0.25, 0.3) is 11.3 Å². The number of hydrogen-bond acceptors (Lipinski definition) is 3. The minimum Gasteiger partial charge on any atom is -0.397 e. The minimum absolute atomic E-state index is 0.00977. The van der Waals surface area contributed by atoms with Crippen LogP contribution in [0.15, 0.2) is 24.3 Å². The zero-order valence-corrected chi connectivity index (χ0v) is 14.1. The molecular formula is C17H25F2N3. The Hall–Kier alpha value is -2.04. The van der Waals surface area contributed by atoms with E-state index in [-0.39, 0.29) is 5.56 Å². The topological polar surface area (TPSA) is 51.8 Å². The lowest BCUT2D eigenvalue weighted by Gasteiger charge is -2.09. The SMILES string of the molecule is CC.CC.Cc1nnc(-c2ccc(C(F)F)cc2)c(C)c1N. The average molecular weight is 309 g/mol. The molecular weight excluding hydrogens is 284 g/mol. The van der Waals surface area contributed by atoms with Crippen molar-refractivity contribution < 1.29 is 8.78 Å². The first-order valence-corrected chi connectivity index (χ1v) is 7.48. The van der Waals surface area contributed by atoms with Gasteiger partial charge in [-0.25, -0.2) is 8.78 Å². The van der Waals surface area contributed by atoms with Crippen molar-refractivity contribution in [1.82, 2.24) is 10.2 Å². The van der Waals surface area contributed by atoms with Crippen LogP contribution in [-0.4, -0.2) is 10.2 Å². The van der Waals surface area contributed by atoms with E-state index >= 15 is 0 Å². The molecule has 0 saturated heterocycles. The lowest BCUT2D eigenvalue weighted by Crippen LogP contribution is -2.02. The van der Waals surface area contributed by atoms with Crippen LogP contribution in [0.2, 0.25) is 0 Å². The van der Waals surface area contributed by atoms with E-state index in [0.717, 1.165) is 11.1 Å². The third-order valence-corrected chi connectivity index (χ3v) is 2.89. The normalized spacial score (nSPS) is 9.50. The number of halogens is 2. The molecule has 22 heavy (non-hydrogen) atoms. The van der Waals surface area contributed by atoms with Gasteiger partial charge < -0.3 is 5.73 Å². The number of rotatable bonds is 2. The highest BCUT2D eigenvalue weighted by Crippen LogP contribution is 2.27. The first-order chi connectivity index (χ1) is 10.5. The molecule has 2 N–H and O–H groups in total. The Labute approximate surface area is 131 Å². The smallest absolute Gasteiger partial charge is 0.263 e. The van der Waals surface area contributed by atoms with Gasteiger partial charge in [0.1, 0.15) is 0 Å². The van der Waals surface area contributed by atoms with Crippen molar-refractivity contribution in [3.05, 3.63) is 41.1 Å². The number of aryl methyl sites for hydroxylation is 1. The molecule has 0 spiro atoms. The number of alkyl halides is 2. The van der Waals surface area contributed by atoms with Gasteiger partial charge in [0.05, 0.1) is 17.1 Å². The summed E-state index contributed by atoms with van der Waals surface area (Å²) in [6.45, 7) is 11.6. The fourth-order valence-corrected chi connectivity index (χ4v) is 1.71. The molecule has 0 aliphatic heterocycles. The van der Waals surface area contributed by atoms with Crippen LogP contribution in [-0.2, 0) is 0 Å². The molecule has 0 aliphatic rings. The van der Waals surface area contributed by atoms with Gasteiger partial charge in [-0.2, -0.15) is 5.10 Å². The molecule has 2 rings (SSSR count). The Morgan fingerprint density at radius 2 is 1.41 bits per heavy atom. The number of benzene rings is 1. The molecule has 0 atom stereocenters. The van der Waals surface area contributed by atoms with Gasteiger partial charge in [-0.05, 0) is 13.8 Å². The number of nitrogens with two attached hydrogens (primary N) is 1. The van der Waals surface area contributed by atoms with Crippen LogP contribution in [0.1, 0.15) is 50.9 Å². The highest BCUT2D eigenvalue weighted by atomic mass is 19.3. The number of aromatic nitrogens is 2. The quantitative estimate of drug-likeness (QED) is 0.815. The number of anilines is 1. The second-order valence-corrected chi connectivity index (χ2v) is 4.10. The maximum atomic E-state index is 12.4. The second-order valence-electron chi connectivity index (χ2n) is 4.10. The van der Waals surface area contributed by atoms with E-state index in [4.69, 9.17) is 5.73 Å². The maximum absolute atomic E-state index is 12.4. The number of nitrogens with zero attached hydrogens (tertiary/aromatic N) is 2. The Morgan fingerprint density at radius 3 is 1.86 bits per heavy atom. The molecule has 1 heterocycles. The van der Waals surface area contributed by atoms with Gasteiger partial charge in [0.25, 0.3) is 6.43 Å². The molecule has 0 unspecified atom stereocenters. The van der Waals surface area contributed by atoms with E-state index in [1.54, 1.807) is 19.1 Å². The Balaban J connectivity index is 0.00000102. The van der Waals surface area contributed by atoms with Crippen molar-refractivity contribution in [2.45, 2.75) is 48.0 Å². The summed E-state index contributed by atoms with van der Waals surface area (Å²) in [5, 5.41) is 8.02. The monoisotopic (exact) mass is 309 g/mol. The van der Waals surface area contributed by atoms with E-state index in [2.05, 4.69) is 10.2 Å². The van der Waals surface area contributed by atoms with Crippen LogP contribution in [0.3, 0.4) is 0 Å². The lowest BCUT2D eigenvalue weighted by molar-refractivity contribution is 0.151. The lowest BCUT2D eigenvalue weighted by atomic mass is 10.0. The van der Waals surface area contributed by atoms with Crippen LogP contribution in [0.4, 0.5) is 14.5 Å². The number of nitrogen functional groups attached to an aromatic ring is 1. The van der Waals surface area contributed by atoms with Crippen molar-refractivity contribution in [3.63, 3.8) is 0 Å². The molecule has 0 aliphatic carbocycles. The predicted octanol–water partition coefficient (Wildman–Crippen LogP) is 5.33. The van der Waals surface area contributed by atoms with Gasteiger partial charge in [-0.3, -0.25) is 0 Å². The summed E-state index contributed by atoms with van der Waals surface area (Å²) < 4.78 is 24.9. The van der Waals surface area contributed by atoms with Crippen molar-refractivity contribution >= 4 is 5.69 Å². The molecule has 0 radical (unpaired) electrons. The molecule has 122 valence electrons. The molecule has 5 heteroatoms. The van der Waals surface area contributed by atoms with Crippen molar-refractivity contribution in [2.24, 2.45) is 0 Å². The Kier molecular flexibility index (Phi) is 8.91. The van der Waals surface area contributed by atoms with Gasteiger partial charge in [0, 0.05) is 16.7 Å². The highest BCUT2D eigenvalue weighted by Gasteiger charge is 2.11. The van der Waals surface area contributed by atoms with Gasteiger partial charge >= 0.3 is 0 Å². The summed E-state index contributed by atoms with van der Waals surface area (Å²) in [6.07, 6.45) is -2.46. The van der Waals surface area contributed by atoms with E-state index in [0.29, 0.717) is 17.1 Å². The summed E-state index contributed by atoms with van der Waals surface area (Å²) in [7, 11) is 0. The third-order valence-electron chi connectivity index (χ3n) is 2.89. The first kappa shape index (κ1) is 20.0. The van der Waals surface area contributed by atoms with E-state index in [1.807, 2.05) is 34.6 Å². The molecule has 0 saturated carbocycles. The van der Waals surface area contributed by atoms with Crippen LogP contribution >= 0.6 is 0 Å². The Morgan fingerprint density at radius 1 is 0.909 bits per heavy atom. The fourth-order valence-electron chi connectivity index (χ4n) is 1.71. The summed E-state index contributed by atoms with van der Waals surface area (Å²) in [5.41, 5.74) is 9.28. The predicted molar refractivity (Wildman–Crippen MR) is 89.0 cm³/mol. The zero-order valence-electron chi connectivity index (χ0n) is 14.1. The molecule has 1 aromatic carbocycles. The Bertz CT molecular complexity index is 567.